The Kier molecular flexibility index (Phi) is 5.51. The van der Waals surface area contributed by atoms with Crippen molar-refractivity contribution in [3.63, 3.8) is 0 Å². The highest BCUT2D eigenvalue weighted by Gasteiger charge is 2.26. The van der Waals surface area contributed by atoms with Crippen molar-refractivity contribution in [3.8, 4) is 11.8 Å². The van der Waals surface area contributed by atoms with Crippen molar-refractivity contribution in [2.45, 2.75) is 20.8 Å². The van der Waals surface area contributed by atoms with E-state index in [4.69, 9.17) is 10.8 Å². The molecule has 0 aliphatic carbocycles. The molecule has 0 spiro atoms. The number of primary amides is 1. The molecule has 112 valence electrons. The van der Waals surface area contributed by atoms with Gasteiger partial charge in [0.05, 0.1) is 11.0 Å². The van der Waals surface area contributed by atoms with Gasteiger partial charge in [0.1, 0.15) is 6.61 Å². The van der Waals surface area contributed by atoms with Gasteiger partial charge in [0, 0.05) is 12.1 Å². The summed E-state index contributed by atoms with van der Waals surface area (Å²) >= 11 is 0. The Labute approximate surface area is 124 Å². The average Bonchev–Trinajstić information content (AvgIpc) is 2.43. The molecule has 2 amide bonds. The maximum atomic E-state index is 12.3. The zero-order chi connectivity index (χ0) is 16.0. The summed E-state index contributed by atoms with van der Waals surface area (Å²) in [6, 6.07) is 5.28. The number of rotatable bonds is 4. The standard InChI is InChI=1S/C16H20N2O3/c1-11-6-7-12(5-4-8-19)13(9-11)14(20)18-10-16(2,3)15(17)21/h6-7,9,19H,8,10H2,1-3H3,(H2,17,21)(H,18,20). The van der Waals surface area contributed by atoms with Crippen LogP contribution < -0.4 is 11.1 Å². The zero-order valence-corrected chi connectivity index (χ0v) is 12.5. The second kappa shape index (κ2) is 6.91. The highest BCUT2D eigenvalue weighted by atomic mass is 16.2. The van der Waals surface area contributed by atoms with E-state index < -0.39 is 11.3 Å². The number of nitrogens with one attached hydrogen (secondary N) is 1. The number of carbonyl (C=O) groups is 2. The van der Waals surface area contributed by atoms with Gasteiger partial charge in [0.25, 0.3) is 5.91 Å². The van der Waals surface area contributed by atoms with E-state index in [9.17, 15) is 9.59 Å². The molecule has 0 bridgehead atoms. The number of amides is 2. The SMILES string of the molecule is Cc1ccc(C#CCO)c(C(=O)NCC(C)(C)C(N)=O)c1. The van der Waals surface area contributed by atoms with Crippen molar-refractivity contribution in [1.29, 1.82) is 0 Å². The largest absolute Gasteiger partial charge is 0.384 e. The minimum atomic E-state index is -0.823. The Morgan fingerprint density at radius 3 is 2.62 bits per heavy atom. The predicted molar refractivity (Wildman–Crippen MR) is 80.5 cm³/mol. The predicted octanol–water partition coefficient (Wildman–Crippen LogP) is 0.580. The molecule has 0 heterocycles. The topological polar surface area (TPSA) is 92.4 Å². The number of aliphatic hydroxyl groups is 1. The fraction of sp³-hybridized carbons (Fsp3) is 0.375. The minimum Gasteiger partial charge on any atom is -0.384 e. The summed E-state index contributed by atoms with van der Waals surface area (Å²) in [4.78, 5) is 23.5. The van der Waals surface area contributed by atoms with Crippen molar-refractivity contribution < 1.29 is 14.7 Å². The third kappa shape index (κ3) is 4.62. The minimum absolute atomic E-state index is 0.141. The maximum Gasteiger partial charge on any atom is 0.252 e. The molecule has 1 aromatic carbocycles. The van der Waals surface area contributed by atoms with Gasteiger partial charge in [0.2, 0.25) is 5.91 Å². The first kappa shape index (κ1) is 16.7. The van der Waals surface area contributed by atoms with E-state index in [0.29, 0.717) is 11.1 Å². The van der Waals surface area contributed by atoms with E-state index in [1.807, 2.05) is 13.0 Å². The molecule has 0 radical (unpaired) electrons. The summed E-state index contributed by atoms with van der Waals surface area (Å²) in [6.45, 7) is 5.07. The molecule has 0 atom stereocenters. The molecule has 1 rings (SSSR count). The maximum absolute atomic E-state index is 12.3. The lowest BCUT2D eigenvalue weighted by Crippen LogP contribution is -2.42. The second-order valence-electron chi connectivity index (χ2n) is 5.44. The molecule has 0 aromatic heterocycles. The molecule has 0 unspecified atom stereocenters. The smallest absolute Gasteiger partial charge is 0.252 e. The van der Waals surface area contributed by atoms with E-state index >= 15 is 0 Å². The first-order valence-electron chi connectivity index (χ1n) is 6.56. The van der Waals surface area contributed by atoms with Crippen LogP contribution in [0.5, 0.6) is 0 Å². The van der Waals surface area contributed by atoms with Crippen LogP contribution in [0.25, 0.3) is 0 Å². The normalized spacial score (nSPS) is 10.5. The van der Waals surface area contributed by atoms with Crippen LogP contribution in [0, 0.1) is 24.2 Å². The van der Waals surface area contributed by atoms with Crippen molar-refractivity contribution >= 4 is 11.8 Å². The van der Waals surface area contributed by atoms with Gasteiger partial charge in [-0.25, -0.2) is 0 Å². The molecule has 1 aromatic rings. The summed E-state index contributed by atoms with van der Waals surface area (Å²) in [5, 5.41) is 11.5. The van der Waals surface area contributed by atoms with Crippen molar-refractivity contribution in [2.24, 2.45) is 11.1 Å². The lowest BCUT2D eigenvalue weighted by atomic mass is 9.92. The molecule has 0 aliphatic heterocycles. The Hall–Kier alpha value is -2.32. The molecule has 5 heteroatoms. The molecule has 0 saturated carbocycles. The van der Waals surface area contributed by atoms with Crippen molar-refractivity contribution in [2.75, 3.05) is 13.2 Å². The number of hydrogen-bond acceptors (Lipinski definition) is 3. The van der Waals surface area contributed by atoms with Gasteiger partial charge in [-0.1, -0.05) is 23.5 Å². The summed E-state index contributed by atoms with van der Waals surface area (Å²) in [6.07, 6.45) is 0. The van der Waals surface area contributed by atoms with E-state index in [-0.39, 0.29) is 19.1 Å². The molecule has 0 fully saturated rings. The number of aryl methyl sites for hydroxylation is 1. The van der Waals surface area contributed by atoms with Crippen LogP contribution in [0.2, 0.25) is 0 Å². The summed E-state index contributed by atoms with van der Waals surface area (Å²) < 4.78 is 0. The number of carbonyl (C=O) groups excluding carboxylic acids is 2. The van der Waals surface area contributed by atoms with Crippen molar-refractivity contribution in [1.82, 2.24) is 5.32 Å². The Bertz CT molecular complexity index is 610. The van der Waals surface area contributed by atoms with Gasteiger partial charge in [-0.2, -0.15) is 0 Å². The van der Waals surface area contributed by atoms with Gasteiger partial charge < -0.3 is 16.2 Å². The van der Waals surface area contributed by atoms with E-state index in [1.165, 1.54) is 0 Å². The van der Waals surface area contributed by atoms with Crippen LogP contribution in [-0.4, -0.2) is 30.1 Å². The van der Waals surface area contributed by atoms with Gasteiger partial charge in [-0.05, 0) is 32.9 Å². The molecule has 0 aliphatic rings. The number of aliphatic hydroxyl groups excluding tert-OH is 1. The first-order valence-corrected chi connectivity index (χ1v) is 6.56. The van der Waals surface area contributed by atoms with Gasteiger partial charge in [-0.15, -0.1) is 0 Å². The highest BCUT2D eigenvalue weighted by molar-refractivity contribution is 5.97. The third-order valence-electron chi connectivity index (χ3n) is 3.08. The first-order chi connectivity index (χ1) is 9.77. The molecule has 5 nitrogen and oxygen atoms in total. The fourth-order valence-electron chi connectivity index (χ4n) is 1.57. The second-order valence-corrected chi connectivity index (χ2v) is 5.44. The van der Waals surface area contributed by atoms with Crippen LogP contribution >= 0.6 is 0 Å². The molecular formula is C16H20N2O3. The monoisotopic (exact) mass is 288 g/mol. The average molecular weight is 288 g/mol. The third-order valence-corrected chi connectivity index (χ3v) is 3.08. The summed E-state index contributed by atoms with van der Waals surface area (Å²) in [7, 11) is 0. The molecule has 4 N–H and O–H groups in total. The van der Waals surface area contributed by atoms with Crippen molar-refractivity contribution in [3.05, 3.63) is 34.9 Å². The zero-order valence-electron chi connectivity index (χ0n) is 12.5. The number of nitrogens with two attached hydrogens (primary N) is 1. The number of benzene rings is 1. The van der Waals surface area contributed by atoms with Crippen LogP contribution in [0.3, 0.4) is 0 Å². The van der Waals surface area contributed by atoms with E-state index in [1.54, 1.807) is 26.0 Å². The quantitative estimate of drug-likeness (QED) is 0.708. The highest BCUT2D eigenvalue weighted by Crippen LogP contribution is 2.14. The Morgan fingerprint density at radius 1 is 1.38 bits per heavy atom. The van der Waals surface area contributed by atoms with Crippen LogP contribution in [0.15, 0.2) is 18.2 Å². The van der Waals surface area contributed by atoms with Crippen LogP contribution in [0.4, 0.5) is 0 Å². The van der Waals surface area contributed by atoms with Crippen LogP contribution in [-0.2, 0) is 4.79 Å². The fourth-order valence-corrected chi connectivity index (χ4v) is 1.57. The molecule has 21 heavy (non-hydrogen) atoms. The lowest BCUT2D eigenvalue weighted by Gasteiger charge is -2.21. The van der Waals surface area contributed by atoms with Crippen LogP contribution in [0.1, 0.15) is 35.3 Å². The summed E-state index contributed by atoms with van der Waals surface area (Å²) in [5.74, 6) is 4.46. The van der Waals surface area contributed by atoms with E-state index in [2.05, 4.69) is 17.2 Å². The lowest BCUT2D eigenvalue weighted by molar-refractivity contribution is -0.125. The molecular weight excluding hydrogens is 268 g/mol. The number of hydrogen-bond donors (Lipinski definition) is 3. The van der Waals surface area contributed by atoms with Gasteiger partial charge in [0.15, 0.2) is 0 Å². The van der Waals surface area contributed by atoms with Gasteiger partial charge >= 0.3 is 0 Å². The Morgan fingerprint density at radius 2 is 2.05 bits per heavy atom. The summed E-state index contributed by atoms with van der Waals surface area (Å²) in [5.41, 5.74) is 6.32. The molecule has 0 saturated heterocycles. The van der Waals surface area contributed by atoms with Gasteiger partial charge in [-0.3, -0.25) is 9.59 Å². The Balaban J connectivity index is 2.96. The van der Waals surface area contributed by atoms with E-state index in [0.717, 1.165) is 5.56 Å².